The van der Waals surface area contributed by atoms with Crippen molar-refractivity contribution in [2.45, 2.75) is 37.5 Å². The average molecular weight is 438 g/mol. The van der Waals surface area contributed by atoms with Crippen molar-refractivity contribution in [3.05, 3.63) is 100 Å². The number of sulfone groups is 1. The van der Waals surface area contributed by atoms with E-state index in [0.29, 0.717) is 15.5 Å². The van der Waals surface area contributed by atoms with Crippen LogP contribution in [0.4, 0.5) is 0 Å². The van der Waals surface area contributed by atoms with Crippen molar-refractivity contribution < 1.29 is 8.42 Å². The zero-order valence-electron chi connectivity index (χ0n) is 17.3. The van der Waals surface area contributed by atoms with Crippen molar-refractivity contribution in [3.63, 3.8) is 0 Å². The Bertz CT molecular complexity index is 1300. The molecule has 0 saturated carbocycles. The lowest BCUT2D eigenvalue weighted by molar-refractivity contribution is 0.588. The first-order valence-corrected chi connectivity index (χ1v) is 11.9. The Morgan fingerprint density at radius 2 is 1.53 bits per heavy atom. The highest BCUT2D eigenvalue weighted by Crippen LogP contribution is 2.41. The highest BCUT2D eigenvalue weighted by Gasteiger charge is 2.35. The number of nitrogens with zero attached hydrogens (tertiary/aromatic N) is 1. The molecule has 154 valence electrons. The summed E-state index contributed by atoms with van der Waals surface area (Å²) in [6, 6.07) is 22.2. The summed E-state index contributed by atoms with van der Waals surface area (Å²) in [4.78, 5) is 0.320. The minimum absolute atomic E-state index is 0.320. The fourth-order valence-corrected chi connectivity index (χ4v) is 6.24. The summed E-state index contributed by atoms with van der Waals surface area (Å²) < 4.78 is 30.1. The SMILES string of the molecule is CCn1c(C)c(C(c2ccc(Cl)cc2)S(=O)(=O)c2ccc(C)cc2)c2ccccc21. The van der Waals surface area contributed by atoms with Crippen LogP contribution in [-0.4, -0.2) is 13.0 Å². The van der Waals surface area contributed by atoms with Crippen molar-refractivity contribution in [1.29, 1.82) is 0 Å². The average Bonchev–Trinajstić information content (AvgIpc) is 3.01. The van der Waals surface area contributed by atoms with E-state index < -0.39 is 15.1 Å². The van der Waals surface area contributed by atoms with Gasteiger partial charge in [0.05, 0.1) is 4.90 Å². The molecule has 5 heteroatoms. The molecule has 0 bridgehead atoms. The molecule has 0 N–H and O–H groups in total. The minimum atomic E-state index is -3.70. The van der Waals surface area contributed by atoms with Crippen LogP contribution in [0.5, 0.6) is 0 Å². The van der Waals surface area contributed by atoms with Crippen LogP contribution in [0.15, 0.2) is 77.7 Å². The zero-order chi connectivity index (χ0) is 21.5. The first-order chi connectivity index (χ1) is 14.3. The van der Waals surface area contributed by atoms with E-state index in [0.717, 1.165) is 34.3 Å². The van der Waals surface area contributed by atoms with Gasteiger partial charge in [0.15, 0.2) is 9.84 Å². The molecule has 0 spiro atoms. The van der Waals surface area contributed by atoms with Gasteiger partial charge in [0.1, 0.15) is 5.25 Å². The van der Waals surface area contributed by atoms with Crippen molar-refractivity contribution in [2.24, 2.45) is 0 Å². The Hall–Kier alpha value is -2.56. The highest BCUT2D eigenvalue weighted by atomic mass is 35.5. The first kappa shape index (κ1) is 20.7. The molecule has 0 aliphatic carbocycles. The summed E-state index contributed by atoms with van der Waals surface area (Å²) in [6.45, 7) is 6.80. The minimum Gasteiger partial charge on any atom is -0.345 e. The summed E-state index contributed by atoms with van der Waals surface area (Å²) in [5.41, 5.74) is 4.58. The van der Waals surface area contributed by atoms with Gasteiger partial charge >= 0.3 is 0 Å². The number of fused-ring (bicyclic) bond motifs is 1. The second-order valence-electron chi connectivity index (χ2n) is 7.55. The topological polar surface area (TPSA) is 39.1 Å². The number of hydrogen-bond donors (Lipinski definition) is 0. The second kappa shape index (κ2) is 7.93. The lowest BCUT2D eigenvalue weighted by Gasteiger charge is -2.20. The highest BCUT2D eigenvalue weighted by molar-refractivity contribution is 7.92. The number of para-hydroxylation sites is 1. The van der Waals surface area contributed by atoms with E-state index in [-0.39, 0.29) is 0 Å². The quantitative estimate of drug-likeness (QED) is 0.357. The maximum absolute atomic E-state index is 14.0. The summed E-state index contributed by atoms with van der Waals surface area (Å²) in [6.07, 6.45) is 0. The van der Waals surface area contributed by atoms with Gasteiger partial charge in [0.2, 0.25) is 0 Å². The summed E-state index contributed by atoms with van der Waals surface area (Å²) in [7, 11) is -3.70. The van der Waals surface area contributed by atoms with Crippen molar-refractivity contribution in [1.82, 2.24) is 4.57 Å². The molecule has 4 aromatic rings. The van der Waals surface area contributed by atoms with E-state index >= 15 is 0 Å². The third kappa shape index (κ3) is 3.44. The normalized spacial score (nSPS) is 12.9. The lowest BCUT2D eigenvalue weighted by atomic mass is 10.0. The monoisotopic (exact) mass is 437 g/mol. The van der Waals surface area contributed by atoms with Gasteiger partial charge in [-0.2, -0.15) is 0 Å². The van der Waals surface area contributed by atoms with Crippen LogP contribution < -0.4 is 0 Å². The van der Waals surface area contributed by atoms with Gasteiger partial charge < -0.3 is 4.57 Å². The molecule has 1 unspecified atom stereocenters. The van der Waals surface area contributed by atoms with Crippen LogP contribution in [0, 0.1) is 13.8 Å². The van der Waals surface area contributed by atoms with Crippen LogP contribution >= 0.6 is 11.6 Å². The van der Waals surface area contributed by atoms with Gasteiger partial charge in [-0.3, -0.25) is 0 Å². The Morgan fingerprint density at radius 1 is 0.900 bits per heavy atom. The van der Waals surface area contributed by atoms with Gasteiger partial charge in [-0.1, -0.05) is 59.6 Å². The molecule has 1 aromatic heterocycles. The van der Waals surface area contributed by atoms with E-state index in [4.69, 9.17) is 11.6 Å². The number of halogens is 1. The van der Waals surface area contributed by atoms with E-state index in [1.54, 1.807) is 24.3 Å². The van der Waals surface area contributed by atoms with Crippen LogP contribution in [0.1, 0.15) is 34.6 Å². The molecule has 0 aliphatic heterocycles. The number of benzene rings is 3. The predicted octanol–water partition coefficient (Wildman–Crippen LogP) is 6.49. The largest absolute Gasteiger partial charge is 0.345 e. The maximum atomic E-state index is 14.0. The van der Waals surface area contributed by atoms with Crippen LogP contribution in [0.3, 0.4) is 0 Å². The van der Waals surface area contributed by atoms with Crippen LogP contribution in [-0.2, 0) is 16.4 Å². The number of aromatic nitrogens is 1. The molecule has 0 saturated heterocycles. The molecular weight excluding hydrogens is 414 g/mol. The lowest BCUT2D eigenvalue weighted by Crippen LogP contribution is -2.16. The molecule has 0 amide bonds. The summed E-state index contributed by atoms with van der Waals surface area (Å²) >= 11 is 6.11. The van der Waals surface area contributed by atoms with Gasteiger partial charge in [-0.25, -0.2) is 8.42 Å². The molecule has 1 atom stereocenters. The predicted molar refractivity (Wildman–Crippen MR) is 124 cm³/mol. The number of rotatable bonds is 5. The third-order valence-corrected chi connectivity index (χ3v) is 8.00. The summed E-state index contributed by atoms with van der Waals surface area (Å²) in [5, 5.41) is 0.723. The Kier molecular flexibility index (Phi) is 5.48. The summed E-state index contributed by atoms with van der Waals surface area (Å²) in [5.74, 6) is 0. The van der Waals surface area contributed by atoms with Gasteiger partial charge in [-0.05, 0) is 56.7 Å². The van der Waals surface area contributed by atoms with Crippen molar-refractivity contribution in [3.8, 4) is 0 Å². The number of aryl methyl sites for hydroxylation is 2. The third-order valence-electron chi connectivity index (χ3n) is 5.69. The standard InChI is InChI=1S/C25H24ClNO2S/c1-4-27-18(3)24(22-7-5-6-8-23(22)27)25(19-11-13-20(26)14-12-19)30(28,29)21-15-9-17(2)10-16-21/h5-16,25H,4H2,1-3H3. The van der Waals surface area contributed by atoms with E-state index in [9.17, 15) is 8.42 Å². The zero-order valence-corrected chi connectivity index (χ0v) is 18.8. The van der Waals surface area contributed by atoms with Gasteiger partial charge in [0.25, 0.3) is 0 Å². The smallest absolute Gasteiger partial charge is 0.189 e. The molecular formula is C25H24ClNO2S. The van der Waals surface area contributed by atoms with Crippen molar-refractivity contribution in [2.75, 3.05) is 0 Å². The van der Waals surface area contributed by atoms with Crippen LogP contribution in [0.25, 0.3) is 10.9 Å². The molecule has 1 heterocycles. The molecule has 4 rings (SSSR count). The maximum Gasteiger partial charge on any atom is 0.189 e. The van der Waals surface area contributed by atoms with Gasteiger partial charge in [-0.15, -0.1) is 0 Å². The second-order valence-corrected chi connectivity index (χ2v) is 10.0. The van der Waals surface area contributed by atoms with E-state index in [1.807, 2.05) is 62.4 Å². The molecule has 0 radical (unpaired) electrons. The van der Waals surface area contributed by atoms with Crippen LogP contribution in [0.2, 0.25) is 5.02 Å². The van der Waals surface area contributed by atoms with Gasteiger partial charge in [0, 0.05) is 33.7 Å². The first-order valence-electron chi connectivity index (χ1n) is 9.98. The number of hydrogen-bond acceptors (Lipinski definition) is 2. The molecule has 3 nitrogen and oxygen atoms in total. The molecule has 0 aliphatic rings. The molecule has 0 fully saturated rings. The Labute approximate surface area is 182 Å². The Balaban J connectivity index is 2.05. The Morgan fingerprint density at radius 3 is 2.17 bits per heavy atom. The molecule has 3 aromatic carbocycles. The van der Waals surface area contributed by atoms with Crippen molar-refractivity contribution >= 4 is 32.3 Å². The van der Waals surface area contributed by atoms with E-state index in [1.165, 1.54) is 0 Å². The van der Waals surface area contributed by atoms with E-state index in [2.05, 4.69) is 11.5 Å². The molecule has 30 heavy (non-hydrogen) atoms. The fraction of sp³-hybridized carbons (Fsp3) is 0.200. The fourth-order valence-electron chi connectivity index (χ4n) is 4.20.